The van der Waals surface area contributed by atoms with Crippen LogP contribution in [-0.4, -0.2) is 33.3 Å². The molecule has 1 fully saturated rings. The molecule has 9 heteroatoms. The molecular formula is C18H13N3O4S2. The molecule has 0 atom stereocenters. The predicted octanol–water partition coefficient (Wildman–Crippen LogP) is 3.14. The first-order valence-corrected chi connectivity index (χ1v) is 9.09. The third-order valence-corrected chi connectivity index (χ3v) is 4.94. The van der Waals surface area contributed by atoms with Gasteiger partial charge in [-0.2, -0.15) is 0 Å². The van der Waals surface area contributed by atoms with Crippen molar-refractivity contribution in [1.82, 2.24) is 10.2 Å². The number of thiocarbonyl (C=S) groups is 1. The standard InChI is InChI=1S/C18H13N3O4S2/c1-2-7-20-17(23)13(16(22)19-18(20)26)8-11-5-3-4-6-12(11)14-9-27-10-15(14)21(24)25/h2-6,8-10H,1,7H2,(H,19,22,26)/b13-8+. The molecule has 2 heterocycles. The normalized spacial score (nSPS) is 15.8. The van der Waals surface area contributed by atoms with Crippen molar-refractivity contribution in [3.8, 4) is 11.1 Å². The van der Waals surface area contributed by atoms with Gasteiger partial charge in [-0.15, -0.1) is 17.9 Å². The molecule has 1 aliphatic rings. The number of carbonyl (C=O) groups is 2. The molecule has 0 unspecified atom stereocenters. The Bertz CT molecular complexity index is 1010. The summed E-state index contributed by atoms with van der Waals surface area (Å²) in [7, 11) is 0. The molecule has 2 aromatic rings. The lowest BCUT2D eigenvalue weighted by Gasteiger charge is -2.27. The highest BCUT2D eigenvalue weighted by Gasteiger charge is 2.33. The number of nitrogens with one attached hydrogen (secondary N) is 1. The van der Waals surface area contributed by atoms with Crippen LogP contribution in [0.15, 0.2) is 53.3 Å². The zero-order chi connectivity index (χ0) is 19.6. The van der Waals surface area contributed by atoms with Crippen LogP contribution in [0.1, 0.15) is 5.56 Å². The molecule has 1 N–H and O–H groups in total. The summed E-state index contributed by atoms with van der Waals surface area (Å²) in [4.78, 5) is 37.0. The van der Waals surface area contributed by atoms with Crippen molar-refractivity contribution < 1.29 is 14.5 Å². The Hall–Kier alpha value is -3.17. The lowest BCUT2D eigenvalue weighted by Crippen LogP contribution is -2.53. The van der Waals surface area contributed by atoms with E-state index >= 15 is 0 Å². The van der Waals surface area contributed by atoms with E-state index in [2.05, 4.69) is 11.9 Å². The summed E-state index contributed by atoms with van der Waals surface area (Å²) in [5.41, 5.74) is 1.38. The maximum Gasteiger partial charge on any atom is 0.287 e. The highest BCUT2D eigenvalue weighted by Crippen LogP contribution is 2.36. The number of nitro groups is 1. The van der Waals surface area contributed by atoms with Crippen molar-refractivity contribution in [3.05, 3.63) is 68.9 Å². The van der Waals surface area contributed by atoms with E-state index in [4.69, 9.17) is 12.2 Å². The van der Waals surface area contributed by atoms with Crippen LogP contribution in [-0.2, 0) is 9.59 Å². The number of hydrogen-bond acceptors (Lipinski definition) is 6. The number of benzene rings is 1. The van der Waals surface area contributed by atoms with Gasteiger partial charge in [0, 0.05) is 11.9 Å². The number of nitrogens with zero attached hydrogens (tertiary/aromatic N) is 2. The summed E-state index contributed by atoms with van der Waals surface area (Å²) in [5, 5.41) is 16.9. The fraction of sp³-hybridized carbons (Fsp3) is 0.0556. The quantitative estimate of drug-likeness (QED) is 0.208. The van der Waals surface area contributed by atoms with Crippen molar-refractivity contribution in [2.45, 2.75) is 0 Å². The first kappa shape index (κ1) is 18.6. The Morgan fingerprint density at radius 2 is 2.00 bits per heavy atom. The fourth-order valence-electron chi connectivity index (χ4n) is 2.65. The zero-order valence-electron chi connectivity index (χ0n) is 13.9. The van der Waals surface area contributed by atoms with E-state index in [1.54, 1.807) is 29.6 Å². The van der Waals surface area contributed by atoms with Crippen LogP contribution < -0.4 is 5.32 Å². The van der Waals surface area contributed by atoms with Gasteiger partial charge in [0.05, 0.1) is 15.9 Å². The van der Waals surface area contributed by atoms with Crippen LogP contribution >= 0.6 is 23.6 Å². The lowest BCUT2D eigenvalue weighted by molar-refractivity contribution is -0.383. The van der Waals surface area contributed by atoms with Gasteiger partial charge in [-0.3, -0.25) is 29.9 Å². The molecule has 1 aromatic carbocycles. The Kier molecular flexibility index (Phi) is 5.24. The van der Waals surface area contributed by atoms with E-state index in [9.17, 15) is 19.7 Å². The van der Waals surface area contributed by atoms with E-state index in [1.165, 1.54) is 33.8 Å². The van der Waals surface area contributed by atoms with Gasteiger partial charge in [-0.05, 0) is 29.4 Å². The maximum absolute atomic E-state index is 12.7. The third kappa shape index (κ3) is 3.55. The van der Waals surface area contributed by atoms with Gasteiger partial charge < -0.3 is 0 Å². The fourth-order valence-corrected chi connectivity index (χ4v) is 3.69. The number of rotatable bonds is 5. The Morgan fingerprint density at radius 1 is 1.26 bits per heavy atom. The Labute approximate surface area is 163 Å². The first-order valence-electron chi connectivity index (χ1n) is 7.73. The van der Waals surface area contributed by atoms with Crippen LogP contribution in [0.2, 0.25) is 0 Å². The van der Waals surface area contributed by atoms with Crippen molar-refractivity contribution in [3.63, 3.8) is 0 Å². The summed E-state index contributed by atoms with van der Waals surface area (Å²) in [6.07, 6.45) is 2.92. The second-order valence-electron chi connectivity index (χ2n) is 5.54. The molecule has 136 valence electrons. The topological polar surface area (TPSA) is 92.6 Å². The zero-order valence-corrected chi connectivity index (χ0v) is 15.5. The monoisotopic (exact) mass is 399 g/mol. The van der Waals surface area contributed by atoms with Crippen LogP contribution in [0, 0.1) is 10.1 Å². The number of hydrogen-bond donors (Lipinski definition) is 1. The van der Waals surface area contributed by atoms with Gasteiger partial charge in [-0.1, -0.05) is 30.3 Å². The molecule has 0 radical (unpaired) electrons. The molecule has 1 aliphatic heterocycles. The van der Waals surface area contributed by atoms with E-state index < -0.39 is 16.7 Å². The van der Waals surface area contributed by atoms with E-state index in [-0.39, 0.29) is 22.9 Å². The first-order chi connectivity index (χ1) is 12.9. The van der Waals surface area contributed by atoms with Crippen molar-refractivity contribution >= 4 is 52.2 Å². The van der Waals surface area contributed by atoms with Crippen molar-refractivity contribution in [2.24, 2.45) is 0 Å². The summed E-state index contributed by atoms with van der Waals surface area (Å²) in [6, 6.07) is 6.86. The third-order valence-electron chi connectivity index (χ3n) is 3.89. The second kappa shape index (κ2) is 7.60. The number of thiophene rings is 1. The summed E-state index contributed by atoms with van der Waals surface area (Å²) >= 11 is 6.23. The van der Waals surface area contributed by atoms with Gasteiger partial charge in [0.25, 0.3) is 17.5 Å². The van der Waals surface area contributed by atoms with Gasteiger partial charge >= 0.3 is 0 Å². The summed E-state index contributed by atoms with van der Waals surface area (Å²) < 4.78 is 0. The molecule has 0 aliphatic carbocycles. The minimum atomic E-state index is -0.611. The molecule has 27 heavy (non-hydrogen) atoms. The van der Waals surface area contributed by atoms with Crippen LogP contribution in [0.4, 0.5) is 5.69 Å². The van der Waals surface area contributed by atoms with Gasteiger partial charge in [0.2, 0.25) is 0 Å². The average Bonchev–Trinajstić information content (AvgIpc) is 3.12. The molecule has 0 bridgehead atoms. The van der Waals surface area contributed by atoms with Crippen molar-refractivity contribution in [2.75, 3.05) is 6.54 Å². The Morgan fingerprint density at radius 3 is 2.70 bits per heavy atom. The van der Waals surface area contributed by atoms with Crippen LogP contribution in [0.3, 0.4) is 0 Å². The lowest BCUT2D eigenvalue weighted by atomic mass is 9.98. The molecular weight excluding hydrogens is 386 g/mol. The SMILES string of the molecule is C=CCN1C(=O)/C(=C/c2ccccc2-c2cscc2[N+](=O)[O-])C(=O)NC1=S. The molecule has 3 rings (SSSR count). The maximum atomic E-state index is 12.7. The summed E-state index contributed by atoms with van der Waals surface area (Å²) in [5.74, 6) is -1.15. The molecule has 0 spiro atoms. The number of amides is 2. The van der Waals surface area contributed by atoms with Gasteiger partial charge in [-0.25, -0.2) is 0 Å². The molecule has 1 aromatic heterocycles. The number of carbonyl (C=O) groups excluding carboxylic acids is 2. The minimum absolute atomic E-state index is 0.0174. The predicted molar refractivity (Wildman–Crippen MR) is 107 cm³/mol. The van der Waals surface area contributed by atoms with Gasteiger partial charge in [0.1, 0.15) is 5.57 Å². The highest BCUT2D eigenvalue weighted by molar-refractivity contribution is 7.80. The van der Waals surface area contributed by atoms with E-state index in [1.807, 2.05) is 0 Å². The van der Waals surface area contributed by atoms with E-state index in [0.717, 1.165) is 0 Å². The largest absolute Gasteiger partial charge is 0.298 e. The van der Waals surface area contributed by atoms with Crippen LogP contribution in [0.25, 0.3) is 17.2 Å². The smallest absolute Gasteiger partial charge is 0.287 e. The molecule has 7 nitrogen and oxygen atoms in total. The average molecular weight is 399 g/mol. The van der Waals surface area contributed by atoms with Crippen molar-refractivity contribution in [1.29, 1.82) is 0 Å². The highest BCUT2D eigenvalue weighted by atomic mass is 32.1. The van der Waals surface area contributed by atoms with Crippen LogP contribution in [0.5, 0.6) is 0 Å². The second-order valence-corrected chi connectivity index (χ2v) is 6.67. The molecule has 1 saturated heterocycles. The minimum Gasteiger partial charge on any atom is -0.298 e. The summed E-state index contributed by atoms with van der Waals surface area (Å²) in [6.45, 7) is 3.74. The van der Waals surface area contributed by atoms with E-state index in [0.29, 0.717) is 16.7 Å². The van der Waals surface area contributed by atoms with Gasteiger partial charge in [0.15, 0.2) is 5.11 Å². The molecule has 0 saturated carbocycles. The molecule has 2 amide bonds. The Balaban J connectivity index is 2.10.